The summed E-state index contributed by atoms with van der Waals surface area (Å²) in [6.07, 6.45) is -0.425. The Bertz CT molecular complexity index is 1090. The Kier molecular flexibility index (Phi) is 5.79. The van der Waals surface area contributed by atoms with Crippen LogP contribution in [0.4, 0.5) is 8.78 Å². The summed E-state index contributed by atoms with van der Waals surface area (Å²) in [7, 11) is 0. The molecule has 0 bridgehead atoms. The second kappa shape index (κ2) is 8.27. The van der Waals surface area contributed by atoms with Crippen LogP contribution in [0.5, 0.6) is 5.88 Å². The van der Waals surface area contributed by atoms with Crippen LogP contribution >= 0.6 is 11.6 Å². The summed E-state index contributed by atoms with van der Waals surface area (Å²) in [5, 5.41) is 25.8. The molecule has 0 aliphatic heterocycles. The smallest absolute Gasteiger partial charge is 0.305 e. The Morgan fingerprint density at radius 2 is 1.93 bits per heavy atom. The van der Waals surface area contributed by atoms with E-state index >= 15 is 0 Å². The summed E-state index contributed by atoms with van der Waals surface area (Å²) in [5.41, 5.74) is -0.0926. The number of hydrogen-bond donors (Lipinski definition) is 3. The number of benzene rings is 2. The maximum absolute atomic E-state index is 13.9. The first-order valence-corrected chi connectivity index (χ1v) is 8.65. The molecule has 1 atom stereocenters. The lowest BCUT2D eigenvalue weighted by molar-refractivity contribution is -0.137. The molecule has 1 heterocycles. The predicted octanol–water partition coefficient (Wildman–Crippen LogP) is 3.46. The van der Waals surface area contributed by atoms with E-state index < -0.39 is 41.9 Å². The molecular weight excluding hydrogens is 408 g/mol. The number of carboxylic acids is 1. The number of carbonyl (C=O) groups excluding carboxylic acids is 1. The zero-order valence-corrected chi connectivity index (χ0v) is 15.4. The summed E-state index contributed by atoms with van der Waals surface area (Å²) >= 11 is 5.93. The van der Waals surface area contributed by atoms with Gasteiger partial charge in [0.05, 0.1) is 12.5 Å². The first kappa shape index (κ1) is 20.3. The van der Waals surface area contributed by atoms with Gasteiger partial charge in [0.25, 0.3) is 5.91 Å². The molecule has 29 heavy (non-hydrogen) atoms. The van der Waals surface area contributed by atoms with Gasteiger partial charge in [-0.25, -0.2) is 8.78 Å². The van der Waals surface area contributed by atoms with E-state index in [0.717, 1.165) is 22.9 Å². The molecule has 150 valence electrons. The van der Waals surface area contributed by atoms with Gasteiger partial charge in [0.2, 0.25) is 5.88 Å². The van der Waals surface area contributed by atoms with Gasteiger partial charge in [-0.05, 0) is 29.8 Å². The van der Waals surface area contributed by atoms with Crippen LogP contribution in [0, 0.1) is 11.6 Å². The lowest BCUT2D eigenvalue weighted by atomic mass is 10.0. The summed E-state index contributed by atoms with van der Waals surface area (Å²) in [5.74, 6) is -4.31. The molecule has 1 aromatic heterocycles. The van der Waals surface area contributed by atoms with Crippen molar-refractivity contribution >= 4 is 23.5 Å². The molecule has 2 aromatic carbocycles. The van der Waals surface area contributed by atoms with Gasteiger partial charge in [0.15, 0.2) is 11.5 Å². The number of carbonyl (C=O) groups is 2. The van der Waals surface area contributed by atoms with Gasteiger partial charge >= 0.3 is 5.97 Å². The Hall–Kier alpha value is -3.46. The van der Waals surface area contributed by atoms with Crippen LogP contribution in [0.15, 0.2) is 48.5 Å². The van der Waals surface area contributed by atoms with Gasteiger partial charge in [-0.2, -0.15) is 9.78 Å². The average molecular weight is 422 g/mol. The van der Waals surface area contributed by atoms with E-state index in [1.54, 1.807) is 18.2 Å². The van der Waals surface area contributed by atoms with Crippen molar-refractivity contribution in [1.82, 2.24) is 15.1 Å². The van der Waals surface area contributed by atoms with E-state index in [2.05, 4.69) is 10.4 Å². The molecule has 10 heteroatoms. The zero-order valence-electron chi connectivity index (χ0n) is 14.6. The van der Waals surface area contributed by atoms with Crippen molar-refractivity contribution in [2.75, 3.05) is 0 Å². The van der Waals surface area contributed by atoms with Crippen LogP contribution in [-0.2, 0) is 4.79 Å². The van der Waals surface area contributed by atoms with Crippen LogP contribution in [0.3, 0.4) is 0 Å². The van der Waals surface area contributed by atoms with Crippen LogP contribution in [0.25, 0.3) is 5.69 Å². The quantitative estimate of drug-likeness (QED) is 0.565. The average Bonchev–Trinajstić information content (AvgIpc) is 3.02. The second-order valence-corrected chi connectivity index (χ2v) is 6.51. The number of nitrogens with one attached hydrogen (secondary N) is 1. The fourth-order valence-electron chi connectivity index (χ4n) is 2.69. The number of aliphatic carboxylic acids is 1. The van der Waals surface area contributed by atoms with Gasteiger partial charge in [-0.1, -0.05) is 23.7 Å². The standard InChI is InChI=1S/C19H14ClF2N3O4/c20-11-3-1-2-10(6-11)14(9-18(27)28)23-19(29)15-8-17(26)25(24-15)16-5-4-12(21)7-13(16)22/h1-8,14,26H,9H2,(H,23,29)(H,27,28). The minimum absolute atomic E-state index is 0.264. The van der Waals surface area contributed by atoms with Crippen molar-refractivity contribution in [2.24, 2.45) is 0 Å². The first-order valence-electron chi connectivity index (χ1n) is 8.27. The van der Waals surface area contributed by atoms with Crippen molar-refractivity contribution in [3.8, 4) is 11.6 Å². The molecular formula is C19H14ClF2N3O4. The SMILES string of the molecule is O=C(O)CC(NC(=O)c1cc(O)n(-c2ccc(F)cc2F)n1)c1cccc(Cl)c1. The topological polar surface area (TPSA) is 104 Å². The monoisotopic (exact) mass is 421 g/mol. The molecule has 1 amide bonds. The van der Waals surface area contributed by atoms with Crippen LogP contribution in [0.2, 0.25) is 5.02 Å². The lowest BCUT2D eigenvalue weighted by Crippen LogP contribution is -2.30. The van der Waals surface area contributed by atoms with E-state index in [0.29, 0.717) is 16.7 Å². The Balaban J connectivity index is 1.88. The third-order valence-corrected chi connectivity index (χ3v) is 4.23. The molecule has 0 spiro atoms. The molecule has 3 aromatic rings. The molecule has 0 saturated heterocycles. The van der Waals surface area contributed by atoms with E-state index in [1.165, 1.54) is 6.07 Å². The molecule has 1 unspecified atom stereocenters. The minimum atomic E-state index is -1.16. The van der Waals surface area contributed by atoms with Gasteiger partial charge in [-0.15, -0.1) is 0 Å². The Morgan fingerprint density at radius 3 is 2.59 bits per heavy atom. The summed E-state index contributed by atoms with van der Waals surface area (Å²) in [6.45, 7) is 0. The highest BCUT2D eigenvalue weighted by Gasteiger charge is 2.23. The number of aromatic hydroxyl groups is 1. The number of aromatic nitrogens is 2. The number of amides is 1. The fourth-order valence-corrected chi connectivity index (χ4v) is 2.89. The molecule has 3 rings (SSSR count). The normalized spacial score (nSPS) is 11.8. The highest BCUT2D eigenvalue weighted by molar-refractivity contribution is 6.30. The summed E-state index contributed by atoms with van der Waals surface area (Å²) < 4.78 is 27.8. The summed E-state index contributed by atoms with van der Waals surface area (Å²) in [6, 6.07) is 9.01. The van der Waals surface area contributed by atoms with Crippen LogP contribution in [-0.4, -0.2) is 31.9 Å². The second-order valence-electron chi connectivity index (χ2n) is 6.07. The van der Waals surface area contributed by atoms with Crippen molar-refractivity contribution < 1.29 is 28.6 Å². The largest absolute Gasteiger partial charge is 0.493 e. The molecule has 0 saturated carbocycles. The van der Waals surface area contributed by atoms with Crippen molar-refractivity contribution in [3.05, 3.63) is 76.4 Å². The third-order valence-electron chi connectivity index (χ3n) is 4.00. The number of rotatable bonds is 6. The molecule has 0 aliphatic carbocycles. The maximum atomic E-state index is 13.9. The van der Waals surface area contributed by atoms with Crippen molar-refractivity contribution in [2.45, 2.75) is 12.5 Å². The predicted molar refractivity (Wildman–Crippen MR) is 99.1 cm³/mol. The number of halogens is 3. The molecule has 0 radical (unpaired) electrons. The van der Waals surface area contributed by atoms with E-state index in [9.17, 15) is 23.5 Å². The number of hydrogen-bond acceptors (Lipinski definition) is 4. The highest BCUT2D eigenvalue weighted by atomic mass is 35.5. The molecule has 3 N–H and O–H groups in total. The van der Waals surface area contributed by atoms with Gasteiger partial charge in [0, 0.05) is 17.2 Å². The zero-order chi connectivity index (χ0) is 21.1. The maximum Gasteiger partial charge on any atom is 0.305 e. The van der Waals surface area contributed by atoms with Crippen molar-refractivity contribution in [1.29, 1.82) is 0 Å². The van der Waals surface area contributed by atoms with E-state index in [-0.39, 0.29) is 11.4 Å². The Labute approximate surface area is 168 Å². The number of carboxylic acid groups (broad SMARTS) is 1. The van der Waals surface area contributed by atoms with Crippen molar-refractivity contribution in [3.63, 3.8) is 0 Å². The van der Waals surface area contributed by atoms with Gasteiger partial charge < -0.3 is 15.5 Å². The lowest BCUT2D eigenvalue weighted by Gasteiger charge is -2.17. The minimum Gasteiger partial charge on any atom is -0.493 e. The molecule has 0 fully saturated rings. The van der Waals surface area contributed by atoms with Crippen LogP contribution in [0.1, 0.15) is 28.5 Å². The Morgan fingerprint density at radius 1 is 1.17 bits per heavy atom. The van der Waals surface area contributed by atoms with E-state index in [4.69, 9.17) is 16.7 Å². The van der Waals surface area contributed by atoms with E-state index in [1.807, 2.05) is 0 Å². The van der Waals surface area contributed by atoms with Gasteiger partial charge in [0.1, 0.15) is 11.5 Å². The fraction of sp³-hybridized carbons (Fsp3) is 0.105. The molecule has 7 nitrogen and oxygen atoms in total. The third kappa shape index (κ3) is 4.69. The highest BCUT2D eigenvalue weighted by Crippen LogP contribution is 2.24. The van der Waals surface area contributed by atoms with Gasteiger partial charge in [-0.3, -0.25) is 9.59 Å². The molecule has 0 aliphatic rings. The number of nitrogens with zero attached hydrogens (tertiary/aromatic N) is 2. The van der Waals surface area contributed by atoms with Crippen LogP contribution < -0.4 is 5.32 Å². The summed E-state index contributed by atoms with van der Waals surface area (Å²) in [4.78, 5) is 23.7. The first-order chi connectivity index (χ1) is 13.7.